The quantitative estimate of drug-likeness (QED) is 0.159. The number of aromatic nitrogens is 1. The van der Waals surface area contributed by atoms with Gasteiger partial charge >= 0.3 is 5.91 Å². The number of ketones is 1. The van der Waals surface area contributed by atoms with Crippen molar-refractivity contribution < 1.29 is 19.4 Å². The lowest BCUT2D eigenvalue weighted by Crippen LogP contribution is -2.29. The number of Topliss-reactive ketones (excluding diaryl/α,β-unsaturated/α-hetero) is 1. The van der Waals surface area contributed by atoms with Gasteiger partial charge in [-0.2, -0.15) is 0 Å². The van der Waals surface area contributed by atoms with E-state index >= 15 is 0 Å². The van der Waals surface area contributed by atoms with Crippen molar-refractivity contribution >= 4 is 60.1 Å². The minimum absolute atomic E-state index is 0.0189. The average Bonchev–Trinajstić information content (AvgIpc) is 3.40. The highest BCUT2D eigenvalue weighted by Crippen LogP contribution is 2.44. The standard InChI is InChI=1S/C28H23BrN2O4S/c1-3-13-35-20-6-4-5-18(15-20)25(32)23-24(17-8-10-19(29)11-9-17)31(27(34)26(23)33)28-30-21-12-7-16(2)14-22(21)36-28/h4-12,14-15,24,32H,3,13H2,1-2H3. The van der Waals surface area contributed by atoms with E-state index in [0.29, 0.717) is 28.6 Å². The third kappa shape index (κ3) is 4.42. The molecule has 4 aromatic rings. The van der Waals surface area contributed by atoms with Crippen LogP contribution in [0.15, 0.2) is 76.8 Å². The predicted molar refractivity (Wildman–Crippen MR) is 146 cm³/mol. The van der Waals surface area contributed by atoms with Crippen molar-refractivity contribution in [3.63, 3.8) is 0 Å². The SMILES string of the molecule is CCCOc1cccc(C(O)=C2C(=O)C(=O)N(c3nc4ccc(C)cc4s3)C2c2ccc(Br)cc2)c1. The molecule has 1 atom stereocenters. The summed E-state index contributed by atoms with van der Waals surface area (Å²) < 4.78 is 7.48. The van der Waals surface area contributed by atoms with E-state index in [1.807, 2.05) is 56.3 Å². The first-order chi connectivity index (χ1) is 17.4. The van der Waals surface area contributed by atoms with Crippen molar-refractivity contribution in [2.75, 3.05) is 11.5 Å². The number of ether oxygens (including phenoxy) is 1. The number of thiazole rings is 1. The number of fused-ring (bicyclic) bond motifs is 1. The van der Waals surface area contributed by atoms with Gasteiger partial charge in [0, 0.05) is 10.0 Å². The number of anilines is 1. The molecule has 0 bridgehead atoms. The number of carbonyl (C=O) groups excluding carboxylic acids is 2. The van der Waals surface area contributed by atoms with Crippen molar-refractivity contribution in [1.29, 1.82) is 0 Å². The van der Waals surface area contributed by atoms with Gasteiger partial charge < -0.3 is 9.84 Å². The molecule has 0 radical (unpaired) electrons. The molecule has 8 heteroatoms. The van der Waals surface area contributed by atoms with Crippen LogP contribution in [-0.4, -0.2) is 28.4 Å². The second-order valence-electron chi connectivity index (χ2n) is 8.56. The topological polar surface area (TPSA) is 79.7 Å². The number of aliphatic hydroxyl groups is 1. The van der Waals surface area contributed by atoms with Crippen LogP contribution in [0.4, 0.5) is 5.13 Å². The summed E-state index contributed by atoms with van der Waals surface area (Å²) in [5, 5.41) is 11.8. The molecule has 0 aliphatic carbocycles. The van der Waals surface area contributed by atoms with Crippen LogP contribution in [0.2, 0.25) is 0 Å². The number of halogens is 1. The largest absolute Gasteiger partial charge is 0.507 e. The molecule has 1 saturated heterocycles. The fourth-order valence-electron chi connectivity index (χ4n) is 4.22. The first kappa shape index (κ1) is 24.2. The van der Waals surface area contributed by atoms with E-state index < -0.39 is 17.7 Å². The van der Waals surface area contributed by atoms with Crippen LogP contribution < -0.4 is 9.64 Å². The minimum Gasteiger partial charge on any atom is -0.507 e. The van der Waals surface area contributed by atoms with Crippen LogP contribution in [0.5, 0.6) is 5.75 Å². The van der Waals surface area contributed by atoms with Crippen LogP contribution in [0, 0.1) is 6.92 Å². The summed E-state index contributed by atoms with van der Waals surface area (Å²) in [6.07, 6.45) is 0.840. The van der Waals surface area contributed by atoms with E-state index in [4.69, 9.17) is 4.74 Å². The summed E-state index contributed by atoms with van der Waals surface area (Å²) >= 11 is 4.79. The van der Waals surface area contributed by atoms with Crippen LogP contribution in [0.3, 0.4) is 0 Å². The van der Waals surface area contributed by atoms with E-state index in [-0.39, 0.29) is 11.3 Å². The summed E-state index contributed by atoms with van der Waals surface area (Å²) in [4.78, 5) is 32.9. The molecule has 2 heterocycles. The number of rotatable bonds is 6. The Labute approximate surface area is 221 Å². The number of benzene rings is 3. The lowest BCUT2D eigenvalue weighted by atomic mass is 9.95. The van der Waals surface area contributed by atoms with E-state index in [1.165, 1.54) is 16.2 Å². The maximum Gasteiger partial charge on any atom is 0.301 e. The van der Waals surface area contributed by atoms with Crippen LogP contribution in [0.25, 0.3) is 16.0 Å². The first-order valence-electron chi connectivity index (χ1n) is 11.5. The highest BCUT2D eigenvalue weighted by molar-refractivity contribution is 9.10. The molecule has 1 amide bonds. The Kier molecular flexibility index (Phi) is 6.64. The summed E-state index contributed by atoms with van der Waals surface area (Å²) in [6, 6.07) is 19.3. The van der Waals surface area contributed by atoms with Crippen LogP contribution >= 0.6 is 27.3 Å². The third-order valence-corrected chi connectivity index (χ3v) is 7.50. The molecule has 1 unspecified atom stereocenters. The zero-order valence-corrected chi connectivity index (χ0v) is 22.1. The third-order valence-electron chi connectivity index (χ3n) is 5.95. The highest BCUT2D eigenvalue weighted by Gasteiger charge is 2.48. The van der Waals surface area contributed by atoms with E-state index in [1.54, 1.807) is 24.3 Å². The maximum atomic E-state index is 13.4. The number of nitrogens with zero attached hydrogens (tertiary/aromatic N) is 2. The van der Waals surface area contributed by atoms with Crippen molar-refractivity contribution in [3.05, 3.63) is 93.5 Å². The zero-order chi connectivity index (χ0) is 25.4. The van der Waals surface area contributed by atoms with E-state index in [0.717, 1.165) is 26.7 Å². The molecule has 36 heavy (non-hydrogen) atoms. The van der Waals surface area contributed by atoms with Crippen molar-refractivity contribution in [2.24, 2.45) is 0 Å². The Morgan fingerprint density at radius 1 is 1.11 bits per heavy atom. The number of carbonyl (C=O) groups is 2. The van der Waals surface area contributed by atoms with Gasteiger partial charge in [-0.05, 0) is 60.9 Å². The zero-order valence-electron chi connectivity index (χ0n) is 19.7. The Hall–Kier alpha value is -3.49. The molecule has 0 spiro atoms. The van der Waals surface area contributed by atoms with Gasteiger partial charge in [0.25, 0.3) is 5.78 Å². The minimum atomic E-state index is -0.833. The summed E-state index contributed by atoms with van der Waals surface area (Å²) in [6.45, 7) is 4.53. The van der Waals surface area contributed by atoms with Crippen LogP contribution in [-0.2, 0) is 9.59 Å². The Balaban J connectivity index is 1.68. The first-order valence-corrected chi connectivity index (χ1v) is 13.1. The number of hydrogen-bond donors (Lipinski definition) is 1. The Morgan fingerprint density at radius 3 is 2.64 bits per heavy atom. The molecule has 182 valence electrons. The molecule has 5 rings (SSSR count). The lowest BCUT2D eigenvalue weighted by Gasteiger charge is -2.23. The Bertz CT molecular complexity index is 1510. The molecule has 3 aromatic carbocycles. The molecule has 0 saturated carbocycles. The molecular formula is C28H23BrN2O4S. The number of aryl methyl sites for hydroxylation is 1. The van der Waals surface area contributed by atoms with Gasteiger partial charge in [-0.1, -0.05) is 64.5 Å². The summed E-state index contributed by atoms with van der Waals surface area (Å²) in [7, 11) is 0. The van der Waals surface area contributed by atoms with Crippen molar-refractivity contribution in [3.8, 4) is 5.75 Å². The fraction of sp³-hybridized carbons (Fsp3) is 0.179. The fourth-order valence-corrected chi connectivity index (χ4v) is 5.58. The molecule has 6 nitrogen and oxygen atoms in total. The van der Waals surface area contributed by atoms with Crippen LogP contribution in [0.1, 0.15) is 36.1 Å². The van der Waals surface area contributed by atoms with Gasteiger partial charge in [0.15, 0.2) is 5.13 Å². The molecule has 1 aliphatic heterocycles. The van der Waals surface area contributed by atoms with Gasteiger partial charge in [0.05, 0.1) is 28.4 Å². The molecule has 1 aromatic heterocycles. The van der Waals surface area contributed by atoms with Gasteiger partial charge in [0.1, 0.15) is 11.5 Å². The molecule has 1 N–H and O–H groups in total. The molecule has 1 aliphatic rings. The monoisotopic (exact) mass is 562 g/mol. The normalized spacial score (nSPS) is 17.2. The number of amides is 1. The summed E-state index contributed by atoms with van der Waals surface area (Å²) in [5.41, 5.74) is 2.94. The Morgan fingerprint density at radius 2 is 1.89 bits per heavy atom. The van der Waals surface area contributed by atoms with Gasteiger partial charge in [-0.15, -0.1) is 0 Å². The van der Waals surface area contributed by atoms with Gasteiger partial charge in [0.2, 0.25) is 0 Å². The van der Waals surface area contributed by atoms with Gasteiger partial charge in [-0.3, -0.25) is 14.5 Å². The molecule has 1 fully saturated rings. The van der Waals surface area contributed by atoms with E-state index in [2.05, 4.69) is 20.9 Å². The van der Waals surface area contributed by atoms with E-state index in [9.17, 15) is 14.7 Å². The lowest BCUT2D eigenvalue weighted by molar-refractivity contribution is -0.132. The molecular weight excluding hydrogens is 540 g/mol. The average molecular weight is 563 g/mol. The van der Waals surface area contributed by atoms with Crippen molar-refractivity contribution in [1.82, 2.24) is 4.98 Å². The summed E-state index contributed by atoms with van der Waals surface area (Å²) in [5.74, 6) is -1.14. The smallest absolute Gasteiger partial charge is 0.301 e. The second-order valence-corrected chi connectivity index (χ2v) is 10.5. The van der Waals surface area contributed by atoms with Crippen molar-refractivity contribution in [2.45, 2.75) is 26.3 Å². The predicted octanol–water partition coefficient (Wildman–Crippen LogP) is 6.78. The maximum absolute atomic E-state index is 13.4. The second kappa shape index (κ2) is 9.87. The number of aliphatic hydroxyl groups excluding tert-OH is 1. The highest BCUT2D eigenvalue weighted by atomic mass is 79.9. The number of hydrogen-bond acceptors (Lipinski definition) is 6. The van der Waals surface area contributed by atoms with Gasteiger partial charge in [-0.25, -0.2) is 4.98 Å².